The van der Waals surface area contributed by atoms with Crippen LogP contribution in [0, 0.1) is 0 Å². The van der Waals surface area contributed by atoms with Gasteiger partial charge in [0.05, 0.1) is 4.90 Å². The Morgan fingerprint density at radius 2 is 1.67 bits per heavy atom. The van der Waals surface area contributed by atoms with E-state index in [1.807, 2.05) is 26.0 Å². The molecule has 1 aromatic rings. The van der Waals surface area contributed by atoms with E-state index in [9.17, 15) is 8.42 Å². The van der Waals surface area contributed by atoms with Gasteiger partial charge in [0.15, 0.2) is 0 Å². The third-order valence-corrected chi connectivity index (χ3v) is 4.60. The topological polar surface area (TPSA) is 58.2 Å². The minimum absolute atomic E-state index is 0. The van der Waals surface area contributed by atoms with Crippen LogP contribution in [0.25, 0.3) is 0 Å². The monoisotopic (exact) mass is 334 g/mol. The van der Waals surface area contributed by atoms with Crippen LogP contribution in [0.1, 0.15) is 40.2 Å². The maximum atomic E-state index is 12.2. The van der Waals surface area contributed by atoms with Gasteiger partial charge in [-0.1, -0.05) is 39.8 Å². The molecule has 4 nitrogen and oxygen atoms in total. The van der Waals surface area contributed by atoms with Gasteiger partial charge >= 0.3 is 0 Å². The number of sulfonamides is 1. The van der Waals surface area contributed by atoms with Crippen LogP contribution in [0.15, 0.2) is 29.2 Å². The molecule has 0 fully saturated rings. The summed E-state index contributed by atoms with van der Waals surface area (Å²) in [6, 6.07) is 7.20. The first-order valence-electron chi connectivity index (χ1n) is 7.00. The van der Waals surface area contributed by atoms with Crippen molar-refractivity contribution >= 4 is 22.4 Å². The van der Waals surface area contributed by atoms with Crippen LogP contribution < -0.4 is 10.0 Å². The first kappa shape index (κ1) is 20.4. The van der Waals surface area contributed by atoms with Gasteiger partial charge in [-0.05, 0) is 36.6 Å². The van der Waals surface area contributed by atoms with Crippen molar-refractivity contribution in [3.05, 3.63) is 29.8 Å². The molecule has 2 N–H and O–H groups in total. The zero-order valence-corrected chi connectivity index (χ0v) is 15.1. The van der Waals surface area contributed by atoms with Crippen LogP contribution in [0.3, 0.4) is 0 Å². The second-order valence-electron chi connectivity index (χ2n) is 6.09. The molecule has 122 valence electrons. The van der Waals surface area contributed by atoms with E-state index in [0.717, 1.165) is 12.1 Å². The molecule has 0 unspecified atom stereocenters. The van der Waals surface area contributed by atoms with Crippen molar-refractivity contribution < 1.29 is 8.42 Å². The Bertz CT molecular complexity index is 522. The number of halogens is 1. The van der Waals surface area contributed by atoms with Gasteiger partial charge in [0.2, 0.25) is 10.0 Å². The van der Waals surface area contributed by atoms with Crippen LogP contribution in [0.2, 0.25) is 0 Å². The van der Waals surface area contributed by atoms with Gasteiger partial charge in [-0.25, -0.2) is 13.1 Å². The van der Waals surface area contributed by atoms with Gasteiger partial charge in [0, 0.05) is 12.6 Å². The van der Waals surface area contributed by atoms with Crippen molar-refractivity contribution in [1.82, 2.24) is 10.0 Å². The summed E-state index contributed by atoms with van der Waals surface area (Å²) in [5, 5.41) is 3.17. The molecular formula is C15H27ClN2O2S. The van der Waals surface area contributed by atoms with Gasteiger partial charge in [0.1, 0.15) is 0 Å². The first-order chi connectivity index (χ1) is 9.16. The second-order valence-corrected chi connectivity index (χ2v) is 7.85. The maximum absolute atomic E-state index is 12.2. The standard InChI is InChI=1S/C15H26N2O2S.ClH/c1-6-16-12(2)11-17-20(18,19)14-9-7-13(8-10-14)15(3,4)5;/h7-10,12,16-17H,6,11H2,1-5H3;1H/t12-;/m1./s1. The molecule has 0 bridgehead atoms. The molecule has 1 aromatic carbocycles. The fourth-order valence-corrected chi connectivity index (χ4v) is 3.00. The fourth-order valence-electron chi connectivity index (χ4n) is 1.87. The zero-order chi connectivity index (χ0) is 15.4. The highest BCUT2D eigenvalue weighted by Gasteiger charge is 2.17. The Kier molecular flexibility index (Phi) is 7.89. The predicted molar refractivity (Wildman–Crippen MR) is 90.7 cm³/mol. The number of hydrogen-bond donors (Lipinski definition) is 2. The van der Waals surface area contributed by atoms with E-state index in [1.165, 1.54) is 0 Å². The third-order valence-electron chi connectivity index (χ3n) is 3.16. The number of hydrogen-bond acceptors (Lipinski definition) is 3. The first-order valence-corrected chi connectivity index (χ1v) is 8.48. The minimum Gasteiger partial charge on any atom is -0.313 e. The molecule has 0 radical (unpaired) electrons. The Morgan fingerprint density at radius 1 is 1.14 bits per heavy atom. The molecule has 1 atom stereocenters. The van der Waals surface area contributed by atoms with Crippen LogP contribution in [0.4, 0.5) is 0 Å². The van der Waals surface area contributed by atoms with Crippen LogP contribution >= 0.6 is 12.4 Å². The number of likely N-dealkylation sites (N-methyl/N-ethyl adjacent to an activating group) is 1. The summed E-state index contributed by atoms with van der Waals surface area (Å²) >= 11 is 0. The fraction of sp³-hybridized carbons (Fsp3) is 0.600. The molecule has 0 heterocycles. The molecule has 0 aliphatic heterocycles. The average molecular weight is 335 g/mol. The lowest BCUT2D eigenvalue weighted by Crippen LogP contribution is -2.38. The molecule has 0 saturated carbocycles. The molecule has 21 heavy (non-hydrogen) atoms. The van der Waals surface area contributed by atoms with Crippen LogP contribution in [-0.4, -0.2) is 27.5 Å². The summed E-state index contributed by atoms with van der Waals surface area (Å²) in [4.78, 5) is 0.314. The Morgan fingerprint density at radius 3 is 2.10 bits per heavy atom. The lowest BCUT2D eigenvalue weighted by molar-refractivity contribution is 0.536. The molecule has 0 saturated heterocycles. The van der Waals surface area contributed by atoms with E-state index in [1.54, 1.807) is 12.1 Å². The smallest absolute Gasteiger partial charge is 0.240 e. The number of benzene rings is 1. The molecule has 0 aliphatic rings. The predicted octanol–water partition coefficient (Wildman–Crippen LogP) is 2.68. The van der Waals surface area contributed by atoms with Gasteiger partial charge in [0.25, 0.3) is 0 Å². The Balaban J connectivity index is 0.00000400. The Labute approximate surface area is 135 Å². The summed E-state index contributed by atoms with van der Waals surface area (Å²) in [5.41, 5.74) is 1.15. The summed E-state index contributed by atoms with van der Waals surface area (Å²) in [6.07, 6.45) is 0. The van der Waals surface area contributed by atoms with Crippen molar-refractivity contribution in [2.24, 2.45) is 0 Å². The van der Waals surface area contributed by atoms with Gasteiger partial charge < -0.3 is 5.32 Å². The van der Waals surface area contributed by atoms with E-state index in [-0.39, 0.29) is 23.9 Å². The maximum Gasteiger partial charge on any atom is 0.240 e. The van der Waals surface area contributed by atoms with Crippen LogP contribution in [0.5, 0.6) is 0 Å². The second kappa shape index (κ2) is 8.13. The largest absolute Gasteiger partial charge is 0.313 e. The highest BCUT2D eigenvalue weighted by Crippen LogP contribution is 2.23. The molecule has 6 heteroatoms. The van der Waals surface area contributed by atoms with Gasteiger partial charge in [-0.3, -0.25) is 0 Å². The van der Waals surface area contributed by atoms with Crippen molar-refractivity contribution in [3.8, 4) is 0 Å². The van der Waals surface area contributed by atoms with Crippen molar-refractivity contribution in [2.45, 2.75) is 51.0 Å². The average Bonchev–Trinajstić information content (AvgIpc) is 2.36. The molecule has 0 aliphatic carbocycles. The molecule has 1 rings (SSSR count). The highest BCUT2D eigenvalue weighted by atomic mass is 35.5. The van der Waals surface area contributed by atoms with Gasteiger partial charge in [-0.15, -0.1) is 12.4 Å². The summed E-state index contributed by atoms with van der Waals surface area (Å²) < 4.78 is 27.0. The lowest BCUT2D eigenvalue weighted by atomic mass is 9.87. The summed E-state index contributed by atoms with van der Waals surface area (Å²) in [7, 11) is -3.43. The number of nitrogens with one attached hydrogen (secondary N) is 2. The summed E-state index contributed by atoms with van der Waals surface area (Å²) in [6.45, 7) is 11.5. The Hall–Kier alpha value is -0.620. The molecule has 0 spiro atoms. The van der Waals surface area contributed by atoms with Gasteiger partial charge in [-0.2, -0.15) is 0 Å². The molecule has 0 amide bonds. The third kappa shape index (κ3) is 6.34. The molecular weight excluding hydrogens is 308 g/mol. The van der Waals surface area contributed by atoms with E-state index in [2.05, 4.69) is 30.8 Å². The van der Waals surface area contributed by atoms with Crippen molar-refractivity contribution in [2.75, 3.05) is 13.1 Å². The zero-order valence-electron chi connectivity index (χ0n) is 13.4. The molecule has 0 aromatic heterocycles. The van der Waals surface area contributed by atoms with E-state index in [0.29, 0.717) is 11.4 Å². The quantitative estimate of drug-likeness (QED) is 0.841. The highest BCUT2D eigenvalue weighted by molar-refractivity contribution is 7.89. The van der Waals surface area contributed by atoms with Crippen molar-refractivity contribution in [1.29, 1.82) is 0 Å². The van der Waals surface area contributed by atoms with Crippen molar-refractivity contribution in [3.63, 3.8) is 0 Å². The summed E-state index contributed by atoms with van der Waals surface area (Å²) in [5.74, 6) is 0. The SMILES string of the molecule is CCN[C@H](C)CNS(=O)(=O)c1ccc(C(C)(C)C)cc1.Cl. The normalized spacial score (nSPS) is 13.6. The van der Waals surface area contributed by atoms with E-state index in [4.69, 9.17) is 0 Å². The van der Waals surface area contributed by atoms with Crippen LogP contribution in [-0.2, 0) is 15.4 Å². The minimum atomic E-state index is -3.43. The lowest BCUT2D eigenvalue weighted by Gasteiger charge is -2.19. The van der Waals surface area contributed by atoms with E-state index >= 15 is 0 Å². The number of rotatable bonds is 6. The van der Waals surface area contributed by atoms with E-state index < -0.39 is 10.0 Å².